The quantitative estimate of drug-likeness (QED) is 0.159. The summed E-state index contributed by atoms with van der Waals surface area (Å²) in [6.07, 6.45) is 1.51. The highest BCUT2D eigenvalue weighted by Gasteiger charge is 2.33. The van der Waals surface area contributed by atoms with Gasteiger partial charge in [0.1, 0.15) is 10.9 Å². The SMILES string of the molecule is COc1cc(/C=C2/SC(=S)N(CC(=O)O)C2=O)ccc1OC(=O)c1cccc([N+](=O)[O-])c1. The molecule has 0 atom stereocenters. The van der Waals surface area contributed by atoms with E-state index in [-0.39, 0.29) is 32.0 Å². The van der Waals surface area contributed by atoms with Crippen LogP contribution in [0, 0.1) is 10.1 Å². The third-order valence-corrected chi connectivity index (χ3v) is 5.53. The van der Waals surface area contributed by atoms with Gasteiger partial charge in [-0.25, -0.2) is 4.79 Å². The second kappa shape index (κ2) is 9.58. The maximum Gasteiger partial charge on any atom is 0.343 e. The molecular formula is C20H14N2O8S2. The van der Waals surface area contributed by atoms with Crippen LogP contribution < -0.4 is 9.47 Å². The molecule has 0 spiro atoms. The normalized spacial score (nSPS) is 14.5. The number of non-ortho nitro benzene ring substituents is 1. The molecule has 164 valence electrons. The Morgan fingerprint density at radius 2 is 2.00 bits per heavy atom. The Labute approximate surface area is 190 Å². The van der Waals surface area contributed by atoms with Crippen molar-refractivity contribution in [3.63, 3.8) is 0 Å². The molecule has 1 N–H and O–H groups in total. The average Bonchev–Trinajstić information content (AvgIpc) is 3.01. The number of rotatable bonds is 7. The van der Waals surface area contributed by atoms with E-state index in [1.54, 1.807) is 6.07 Å². The van der Waals surface area contributed by atoms with Crippen LogP contribution >= 0.6 is 24.0 Å². The second-order valence-corrected chi connectivity index (χ2v) is 7.94. The number of hydrogen-bond donors (Lipinski definition) is 1. The van der Waals surface area contributed by atoms with Crippen LogP contribution in [0.4, 0.5) is 5.69 Å². The standard InChI is InChI=1S/C20H14N2O8S2/c1-29-15-7-11(8-16-18(25)21(10-17(23)24)20(31)32-16)5-6-14(15)30-19(26)12-3-2-4-13(9-12)22(27)28/h2-9H,10H2,1H3,(H,23,24)/b16-8+. The molecule has 0 saturated carbocycles. The molecule has 3 rings (SSSR count). The predicted octanol–water partition coefficient (Wildman–Crippen LogP) is 3.11. The van der Waals surface area contributed by atoms with Gasteiger partial charge in [-0.05, 0) is 29.8 Å². The Bertz CT molecular complexity index is 1180. The molecule has 12 heteroatoms. The molecule has 1 aliphatic rings. The van der Waals surface area contributed by atoms with Crippen LogP contribution in [-0.4, -0.2) is 50.8 Å². The maximum atomic E-state index is 12.4. The van der Waals surface area contributed by atoms with E-state index in [4.69, 9.17) is 26.8 Å². The van der Waals surface area contributed by atoms with E-state index in [0.29, 0.717) is 5.56 Å². The highest BCUT2D eigenvalue weighted by molar-refractivity contribution is 8.26. The summed E-state index contributed by atoms with van der Waals surface area (Å²) < 4.78 is 10.7. The van der Waals surface area contributed by atoms with E-state index in [0.717, 1.165) is 22.7 Å². The van der Waals surface area contributed by atoms with Gasteiger partial charge in [0.05, 0.1) is 22.5 Å². The average molecular weight is 474 g/mol. The van der Waals surface area contributed by atoms with E-state index in [1.165, 1.54) is 43.5 Å². The minimum atomic E-state index is -1.18. The second-order valence-electron chi connectivity index (χ2n) is 6.27. The number of methoxy groups -OCH3 is 1. The number of amides is 1. The Morgan fingerprint density at radius 1 is 1.25 bits per heavy atom. The minimum Gasteiger partial charge on any atom is -0.493 e. The predicted molar refractivity (Wildman–Crippen MR) is 119 cm³/mol. The van der Waals surface area contributed by atoms with E-state index >= 15 is 0 Å². The Kier molecular flexibility index (Phi) is 6.85. The number of nitro benzene ring substituents is 1. The molecule has 1 fully saturated rings. The largest absolute Gasteiger partial charge is 0.493 e. The van der Waals surface area contributed by atoms with Crippen LogP contribution in [0.15, 0.2) is 47.4 Å². The number of thiocarbonyl (C=S) groups is 1. The Hall–Kier alpha value is -3.77. The fourth-order valence-electron chi connectivity index (χ4n) is 2.69. The summed E-state index contributed by atoms with van der Waals surface area (Å²) in [5.74, 6) is -2.27. The molecule has 0 unspecified atom stereocenters. The van der Waals surface area contributed by atoms with E-state index in [9.17, 15) is 24.5 Å². The summed E-state index contributed by atoms with van der Waals surface area (Å²) in [6.45, 7) is -0.530. The van der Waals surface area contributed by atoms with Crippen molar-refractivity contribution in [2.75, 3.05) is 13.7 Å². The summed E-state index contributed by atoms with van der Waals surface area (Å²) in [5, 5.41) is 19.8. The van der Waals surface area contributed by atoms with E-state index in [2.05, 4.69) is 0 Å². The summed E-state index contributed by atoms with van der Waals surface area (Å²) >= 11 is 6.03. The first-order valence-electron chi connectivity index (χ1n) is 8.81. The number of nitrogens with zero attached hydrogens (tertiary/aromatic N) is 2. The number of carboxylic acid groups (broad SMARTS) is 1. The van der Waals surface area contributed by atoms with Gasteiger partial charge in [-0.15, -0.1) is 0 Å². The van der Waals surface area contributed by atoms with Gasteiger partial charge in [0.25, 0.3) is 11.6 Å². The van der Waals surface area contributed by atoms with Crippen molar-refractivity contribution in [2.24, 2.45) is 0 Å². The van der Waals surface area contributed by atoms with Crippen molar-refractivity contribution in [2.45, 2.75) is 0 Å². The third kappa shape index (κ3) is 5.10. The van der Waals surface area contributed by atoms with Crippen molar-refractivity contribution in [1.82, 2.24) is 4.90 Å². The summed E-state index contributed by atoms with van der Waals surface area (Å²) in [4.78, 5) is 47.2. The van der Waals surface area contributed by atoms with Crippen LogP contribution in [-0.2, 0) is 9.59 Å². The first kappa shape index (κ1) is 22.9. The van der Waals surface area contributed by atoms with Gasteiger partial charge in [-0.1, -0.05) is 36.1 Å². The molecule has 10 nitrogen and oxygen atoms in total. The fourth-order valence-corrected chi connectivity index (χ4v) is 3.94. The summed E-state index contributed by atoms with van der Waals surface area (Å²) in [5.41, 5.74) is 0.266. The topological polar surface area (TPSA) is 136 Å². The molecule has 1 aliphatic heterocycles. The van der Waals surface area contributed by atoms with Gasteiger partial charge >= 0.3 is 11.9 Å². The van der Waals surface area contributed by atoms with Gasteiger partial charge in [-0.3, -0.25) is 24.6 Å². The number of aliphatic carboxylic acids is 1. The Morgan fingerprint density at radius 3 is 2.66 bits per heavy atom. The molecule has 1 saturated heterocycles. The molecule has 1 amide bonds. The number of thioether (sulfide) groups is 1. The maximum absolute atomic E-state index is 12.4. The summed E-state index contributed by atoms with van der Waals surface area (Å²) in [7, 11) is 1.36. The first-order chi connectivity index (χ1) is 15.2. The number of esters is 1. The molecule has 0 aromatic heterocycles. The number of benzene rings is 2. The molecule has 0 radical (unpaired) electrons. The van der Waals surface area contributed by atoms with Crippen LogP contribution in [0.2, 0.25) is 0 Å². The van der Waals surface area contributed by atoms with E-state index < -0.39 is 29.3 Å². The summed E-state index contributed by atoms with van der Waals surface area (Å²) in [6, 6.07) is 9.62. The van der Waals surface area contributed by atoms with Gasteiger partial charge in [0, 0.05) is 12.1 Å². The van der Waals surface area contributed by atoms with Gasteiger partial charge < -0.3 is 14.6 Å². The molecule has 2 aromatic carbocycles. The molecular weight excluding hydrogens is 460 g/mol. The molecule has 2 aromatic rings. The van der Waals surface area contributed by atoms with Crippen molar-refractivity contribution in [1.29, 1.82) is 0 Å². The van der Waals surface area contributed by atoms with Gasteiger partial charge in [0.15, 0.2) is 11.5 Å². The lowest BCUT2D eigenvalue weighted by atomic mass is 10.1. The zero-order valence-corrected chi connectivity index (χ0v) is 18.0. The fraction of sp³-hybridized carbons (Fsp3) is 0.100. The molecule has 0 aliphatic carbocycles. The number of carboxylic acids is 1. The van der Waals surface area contributed by atoms with Crippen LogP contribution in [0.5, 0.6) is 11.5 Å². The zero-order chi connectivity index (χ0) is 23.4. The number of hydrogen-bond acceptors (Lipinski definition) is 9. The lowest BCUT2D eigenvalue weighted by Gasteiger charge is -2.11. The number of carbonyl (C=O) groups is 3. The number of carbonyl (C=O) groups excluding carboxylic acids is 2. The van der Waals surface area contributed by atoms with Crippen LogP contribution in [0.3, 0.4) is 0 Å². The lowest BCUT2D eigenvalue weighted by molar-refractivity contribution is -0.384. The van der Waals surface area contributed by atoms with Crippen molar-refractivity contribution in [3.8, 4) is 11.5 Å². The van der Waals surface area contributed by atoms with Crippen molar-refractivity contribution in [3.05, 3.63) is 68.6 Å². The number of nitro groups is 1. The number of ether oxygens (including phenoxy) is 2. The van der Waals surface area contributed by atoms with Crippen molar-refractivity contribution >= 4 is 57.9 Å². The smallest absolute Gasteiger partial charge is 0.343 e. The lowest BCUT2D eigenvalue weighted by Crippen LogP contribution is -2.33. The highest BCUT2D eigenvalue weighted by Crippen LogP contribution is 2.35. The van der Waals surface area contributed by atoms with Crippen molar-refractivity contribution < 1.29 is 33.9 Å². The monoisotopic (exact) mass is 474 g/mol. The highest BCUT2D eigenvalue weighted by atomic mass is 32.2. The van der Waals surface area contributed by atoms with Crippen LogP contribution in [0.1, 0.15) is 15.9 Å². The van der Waals surface area contributed by atoms with E-state index in [1.807, 2.05) is 0 Å². The third-order valence-electron chi connectivity index (χ3n) is 4.15. The molecule has 1 heterocycles. The molecule has 0 bridgehead atoms. The Balaban J connectivity index is 1.81. The van der Waals surface area contributed by atoms with Gasteiger partial charge in [0.2, 0.25) is 0 Å². The van der Waals surface area contributed by atoms with Crippen LogP contribution in [0.25, 0.3) is 6.08 Å². The van der Waals surface area contributed by atoms with Gasteiger partial charge in [-0.2, -0.15) is 0 Å². The minimum absolute atomic E-state index is 0.00701. The zero-order valence-electron chi connectivity index (χ0n) is 16.3. The molecule has 32 heavy (non-hydrogen) atoms. The first-order valence-corrected chi connectivity index (χ1v) is 10.0.